The average Bonchev–Trinajstić information content (AvgIpc) is 2.49. The number of hydrogen-bond acceptors (Lipinski definition) is 3. The number of carbonyl (C=O) groups excluding carboxylic acids is 2. The summed E-state index contributed by atoms with van der Waals surface area (Å²) in [6.07, 6.45) is 1.16. The molecular formula is C15H14FN3O2. The van der Waals surface area contributed by atoms with E-state index in [1.807, 2.05) is 6.92 Å². The molecule has 0 spiro atoms. The van der Waals surface area contributed by atoms with Gasteiger partial charge in [-0.05, 0) is 43.3 Å². The summed E-state index contributed by atoms with van der Waals surface area (Å²) < 4.78 is 12.7. The predicted molar refractivity (Wildman–Crippen MR) is 76.6 cm³/mol. The maximum absolute atomic E-state index is 12.7. The van der Waals surface area contributed by atoms with Crippen LogP contribution in [0.4, 0.5) is 10.1 Å². The Morgan fingerprint density at radius 2 is 1.71 bits per heavy atom. The Morgan fingerprint density at radius 1 is 1.05 bits per heavy atom. The second-order valence-electron chi connectivity index (χ2n) is 4.26. The minimum atomic E-state index is -0.641. The van der Waals surface area contributed by atoms with E-state index in [9.17, 15) is 14.0 Å². The Bertz CT molecular complexity index is 639. The number of rotatable bonds is 4. The maximum atomic E-state index is 12.7. The molecule has 0 radical (unpaired) electrons. The third kappa shape index (κ3) is 3.85. The molecule has 0 aliphatic carbocycles. The van der Waals surface area contributed by atoms with Crippen molar-refractivity contribution >= 4 is 17.5 Å². The summed E-state index contributed by atoms with van der Waals surface area (Å²) in [5.41, 5.74) is 1.31. The molecule has 1 heterocycles. The van der Waals surface area contributed by atoms with Crippen molar-refractivity contribution in [2.75, 3.05) is 11.9 Å². The molecule has 5 nitrogen and oxygen atoms in total. The zero-order chi connectivity index (χ0) is 15.2. The normalized spacial score (nSPS) is 10.0. The summed E-state index contributed by atoms with van der Waals surface area (Å²) in [4.78, 5) is 26.9. The van der Waals surface area contributed by atoms with Crippen molar-refractivity contribution in [1.29, 1.82) is 0 Å². The third-order valence-corrected chi connectivity index (χ3v) is 2.73. The van der Waals surface area contributed by atoms with Gasteiger partial charge in [0.25, 0.3) is 11.8 Å². The fraction of sp³-hybridized carbons (Fsp3) is 0.133. The van der Waals surface area contributed by atoms with Gasteiger partial charge >= 0.3 is 0 Å². The molecule has 2 aromatic rings. The zero-order valence-corrected chi connectivity index (χ0v) is 11.4. The number of amides is 2. The predicted octanol–water partition coefficient (Wildman–Crippen LogP) is 2.22. The van der Waals surface area contributed by atoms with Crippen molar-refractivity contribution in [3.8, 4) is 0 Å². The molecule has 2 rings (SSSR count). The fourth-order valence-electron chi connectivity index (χ4n) is 1.68. The van der Waals surface area contributed by atoms with E-state index < -0.39 is 11.9 Å². The van der Waals surface area contributed by atoms with Gasteiger partial charge in [-0.15, -0.1) is 0 Å². The molecule has 6 heteroatoms. The Hall–Kier alpha value is -2.76. The molecule has 1 aromatic heterocycles. The minimum absolute atomic E-state index is 0.168. The molecule has 0 fully saturated rings. The average molecular weight is 287 g/mol. The molecular weight excluding hydrogens is 273 g/mol. The Labute approximate surface area is 121 Å². The summed E-state index contributed by atoms with van der Waals surface area (Å²) in [6, 6.07) is 8.94. The molecule has 21 heavy (non-hydrogen) atoms. The molecule has 2 N–H and O–H groups in total. The van der Waals surface area contributed by atoms with Crippen LogP contribution in [0.1, 0.15) is 27.6 Å². The van der Waals surface area contributed by atoms with Gasteiger partial charge in [0.15, 0.2) is 0 Å². The van der Waals surface area contributed by atoms with Crippen LogP contribution in [-0.4, -0.2) is 23.3 Å². The van der Waals surface area contributed by atoms with Crippen molar-refractivity contribution in [3.05, 3.63) is 59.7 Å². The monoisotopic (exact) mass is 287 g/mol. The van der Waals surface area contributed by atoms with Gasteiger partial charge in [-0.2, -0.15) is 4.39 Å². The van der Waals surface area contributed by atoms with E-state index in [1.54, 1.807) is 24.3 Å². The highest BCUT2D eigenvalue weighted by Gasteiger charge is 2.08. The Balaban J connectivity index is 2.04. The summed E-state index contributed by atoms with van der Waals surface area (Å²) in [7, 11) is 0. The van der Waals surface area contributed by atoms with Crippen molar-refractivity contribution in [1.82, 2.24) is 10.3 Å². The first-order valence-corrected chi connectivity index (χ1v) is 6.41. The molecule has 0 unspecified atom stereocenters. The minimum Gasteiger partial charge on any atom is -0.352 e. The number of pyridine rings is 1. The van der Waals surface area contributed by atoms with E-state index >= 15 is 0 Å². The first-order valence-electron chi connectivity index (χ1n) is 6.41. The van der Waals surface area contributed by atoms with E-state index in [-0.39, 0.29) is 11.5 Å². The van der Waals surface area contributed by atoms with Crippen LogP contribution in [-0.2, 0) is 0 Å². The third-order valence-electron chi connectivity index (χ3n) is 2.73. The van der Waals surface area contributed by atoms with Crippen molar-refractivity contribution in [2.24, 2.45) is 0 Å². The molecule has 1 aromatic carbocycles. The molecule has 0 saturated heterocycles. The first-order chi connectivity index (χ1) is 10.1. The smallest absolute Gasteiger partial charge is 0.257 e. The number of nitrogens with zero attached hydrogens (tertiary/aromatic N) is 1. The van der Waals surface area contributed by atoms with Gasteiger partial charge in [-0.1, -0.05) is 0 Å². The van der Waals surface area contributed by atoms with Crippen LogP contribution in [0.3, 0.4) is 0 Å². The van der Waals surface area contributed by atoms with Crippen molar-refractivity contribution in [2.45, 2.75) is 6.92 Å². The Kier molecular flexibility index (Phi) is 4.61. The van der Waals surface area contributed by atoms with E-state index in [0.717, 1.165) is 12.3 Å². The lowest BCUT2D eigenvalue weighted by molar-refractivity contribution is 0.0955. The van der Waals surface area contributed by atoms with Crippen LogP contribution in [0.5, 0.6) is 0 Å². The standard InChI is InChI=1S/C15H14FN3O2/c1-2-17-14(20)10-3-6-12(7-4-10)19-15(21)11-5-8-13(16)18-9-11/h3-9H,2H2,1H3,(H,17,20)(H,19,21). The van der Waals surface area contributed by atoms with Crippen LogP contribution in [0.15, 0.2) is 42.6 Å². The van der Waals surface area contributed by atoms with E-state index in [2.05, 4.69) is 15.6 Å². The number of hydrogen-bond donors (Lipinski definition) is 2. The van der Waals surface area contributed by atoms with E-state index in [0.29, 0.717) is 17.8 Å². The second kappa shape index (κ2) is 6.60. The molecule has 108 valence electrons. The highest BCUT2D eigenvalue weighted by Crippen LogP contribution is 2.11. The fourth-order valence-corrected chi connectivity index (χ4v) is 1.68. The summed E-state index contributed by atoms with van der Waals surface area (Å²) in [6.45, 7) is 2.39. The van der Waals surface area contributed by atoms with E-state index in [4.69, 9.17) is 0 Å². The summed E-state index contributed by atoms with van der Waals surface area (Å²) in [5, 5.41) is 5.33. The number of halogens is 1. The van der Waals surface area contributed by atoms with Gasteiger partial charge in [0, 0.05) is 24.0 Å². The SMILES string of the molecule is CCNC(=O)c1ccc(NC(=O)c2ccc(F)nc2)cc1. The number of benzene rings is 1. The Morgan fingerprint density at radius 3 is 2.29 bits per heavy atom. The van der Waals surface area contributed by atoms with Gasteiger partial charge in [0.2, 0.25) is 5.95 Å². The van der Waals surface area contributed by atoms with Gasteiger partial charge in [0.1, 0.15) is 0 Å². The van der Waals surface area contributed by atoms with Gasteiger partial charge < -0.3 is 10.6 Å². The first kappa shape index (κ1) is 14.6. The van der Waals surface area contributed by atoms with Crippen LogP contribution < -0.4 is 10.6 Å². The van der Waals surface area contributed by atoms with Gasteiger partial charge in [-0.3, -0.25) is 9.59 Å². The molecule has 0 aliphatic rings. The van der Waals surface area contributed by atoms with Crippen molar-refractivity contribution in [3.63, 3.8) is 0 Å². The lowest BCUT2D eigenvalue weighted by atomic mass is 10.2. The molecule has 0 atom stereocenters. The summed E-state index contributed by atoms with van der Waals surface area (Å²) in [5.74, 6) is -1.20. The maximum Gasteiger partial charge on any atom is 0.257 e. The van der Waals surface area contributed by atoms with Gasteiger partial charge in [0.05, 0.1) is 5.56 Å². The molecule has 0 saturated carbocycles. The number of nitrogens with one attached hydrogen (secondary N) is 2. The highest BCUT2D eigenvalue weighted by atomic mass is 19.1. The topological polar surface area (TPSA) is 71.1 Å². The lowest BCUT2D eigenvalue weighted by Gasteiger charge is -2.06. The zero-order valence-electron chi connectivity index (χ0n) is 11.4. The molecule has 2 amide bonds. The summed E-state index contributed by atoms with van der Waals surface area (Å²) >= 11 is 0. The van der Waals surface area contributed by atoms with Crippen LogP contribution in [0.25, 0.3) is 0 Å². The molecule has 0 aliphatic heterocycles. The second-order valence-corrected chi connectivity index (χ2v) is 4.26. The molecule has 0 bridgehead atoms. The number of anilines is 1. The quantitative estimate of drug-likeness (QED) is 0.847. The van der Waals surface area contributed by atoms with Crippen LogP contribution >= 0.6 is 0 Å². The van der Waals surface area contributed by atoms with Crippen LogP contribution in [0.2, 0.25) is 0 Å². The largest absolute Gasteiger partial charge is 0.352 e. The number of carbonyl (C=O) groups is 2. The van der Waals surface area contributed by atoms with Crippen LogP contribution in [0, 0.1) is 5.95 Å². The lowest BCUT2D eigenvalue weighted by Crippen LogP contribution is -2.22. The van der Waals surface area contributed by atoms with E-state index in [1.165, 1.54) is 6.07 Å². The highest BCUT2D eigenvalue weighted by molar-refractivity contribution is 6.04. The van der Waals surface area contributed by atoms with Gasteiger partial charge in [-0.25, -0.2) is 4.98 Å². The van der Waals surface area contributed by atoms with Crippen molar-refractivity contribution < 1.29 is 14.0 Å². The number of aromatic nitrogens is 1.